The Morgan fingerprint density at radius 1 is 1.02 bits per heavy atom. The van der Waals surface area contributed by atoms with E-state index in [9.17, 15) is 19.2 Å². The number of likely N-dealkylation sites (tertiary alicyclic amines) is 2. The molecule has 4 rings (SSSR count). The lowest BCUT2D eigenvalue weighted by Gasteiger charge is -2.29. The second-order valence-electron chi connectivity index (χ2n) is 12.2. The molecule has 4 atom stereocenters. The fourth-order valence-corrected chi connectivity index (χ4v) is 6.00. The van der Waals surface area contributed by atoms with Crippen LogP contribution < -0.4 is 16.4 Å². The van der Waals surface area contributed by atoms with Gasteiger partial charge in [-0.3, -0.25) is 9.59 Å². The number of aromatic nitrogens is 2. The average molecular weight is 697 g/mol. The molecule has 0 aliphatic carbocycles. The summed E-state index contributed by atoms with van der Waals surface area (Å²) in [7, 11) is 2.50. The number of hydrogen-bond acceptors (Lipinski definition) is 8. The molecule has 268 valence electrons. The van der Waals surface area contributed by atoms with Gasteiger partial charge in [-0.25, -0.2) is 19.6 Å². The Hall–Kier alpha value is -6.02. The largest absolute Gasteiger partial charge is 0.453 e. The molecule has 14 nitrogen and oxygen atoms in total. The Labute approximate surface area is 297 Å². The van der Waals surface area contributed by atoms with Crippen molar-refractivity contribution in [1.82, 2.24) is 30.4 Å². The van der Waals surface area contributed by atoms with Crippen molar-refractivity contribution in [2.24, 2.45) is 16.6 Å². The molecule has 51 heavy (non-hydrogen) atoms. The normalized spacial score (nSPS) is 18.5. The Bertz CT molecular complexity index is 1780. The van der Waals surface area contributed by atoms with Gasteiger partial charge in [0.2, 0.25) is 5.91 Å². The number of ether oxygens (including phenoxy) is 2. The molecule has 14 heteroatoms. The van der Waals surface area contributed by atoms with Crippen molar-refractivity contribution in [2.45, 2.75) is 63.7 Å². The van der Waals surface area contributed by atoms with Crippen LogP contribution in [0.5, 0.6) is 0 Å². The van der Waals surface area contributed by atoms with E-state index in [2.05, 4.69) is 55.9 Å². The van der Waals surface area contributed by atoms with Crippen LogP contribution in [0.4, 0.5) is 9.59 Å². The number of allylic oxidation sites excluding steroid dienone is 3. The molecular formula is C37H44N8O6. The van der Waals surface area contributed by atoms with Crippen LogP contribution in [0.15, 0.2) is 65.9 Å². The van der Waals surface area contributed by atoms with Crippen LogP contribution in [-0.2, 0) is 19.1 Å². The number of nitrogens with one attached hydrogen (secondary N) is 3. The average Bonchev–Trinajstić information content (AvgIpc) is 3.92. The summed E-state index contributed by atoms with van der Waals surface area (Å²) in [5.74, 6) is 11.5. The van der Waals surface area contributed by atoms with E-state index in [4.69, 9.17) is 15.2 Å². The number of rotatable bonds is 10. The Morgan fingerprint density at radius 3 is 2.39 bits per heavy atom. The number of hydrogen-bond donors (Lipinski definition) is 4. The third-order valence-corrected chi connectivity index (χ3v) is 8.52. The van der Waals surface area contributed by atoms with Crippen molar-refractivity contribution in [3.63, 3.8) is 0 Å². The molecular weight excluding hydrogens is 652 g/mol. The Kier molecular flexibility index (Phi) is 13.4. The number of carbonyl (C=O) groups is 4. The molecule has 4 amide bonds. The lowest BCUT2D eigenvalue weighted by atomic mass is 10.0. The summed E-state index contributed by atoms with van der Waals surface area (Å²) in [6.45, 7) is 8.43. The van der Waals surface area contributed by atoms with Crippen LogP contribution >= 0.6 is 0 Å². The van der Waals surface area contributed by atoms with Crippen LogP contribution in [-0.4, -0.2) is 89.0 Å². The van der Waals surface area contributed by atoms with Crippen molar-refractivity contribution >= 4 is 29.8 Å². The van der Waals surface area contributed by atoms with Crippen LogP contribution in [0.25, 0.3) is 0 Å². The molecule has 1 aromatic carbocycles. The van der Waals surface area contributed by atoms with Gasteiger partial charge < -0.3 is 40.6 Å². The van der Waals surface area contributed by atoms with E-state index >= 15 is 0 Å². The molecule has 3 heterocycles. The summed E-state index contributed by atoms with van der Waals surface area (Å²) < 4.78 is 9.47. The van der Waals surface area contributed by atoms with E-state index < -0.39 is 30.3 Å². The van der Waals surface area contributed by atoms with Gasteiger partial charge in [-0.1, -0.05) is 56.8 Å². The first-order valence-electron chi connectivity index (χ1n) is 16.7. The number of aliphatic imine (C=N–C) groups is 1. The smallest absolute Gasteiger partial charge is 0.407 e. The van der Waals surface area contributed by atoms with Gasteiger partial charge in [-0.2, -0.15) is 0 Å². The van der Waals surface area contributed by atoms with E-state index in [-0.39, 0.29) is 29.6 Å². The molecule has 0 spiro atoms. The second kappa shape index (κ2) is 18.1. The molecule has 2 aliphatic rings. The zero-order valence-corrected chi connectivity index (χ0v) is 29.3. The molecule has 2 aromatic rings. The number of amidine groups is 1. The van der Waals surface area contributed by atoms with Gasteiger partial charge in [0, 0.05) is 13.1 Å². The Balaban J connectivity index is 1.46. The first-order valence-corrected chi connectivity index (χ1v) is 16.7. The number of benzene rings is 1. The highest BCUT2D eigenvalue weighted by Crippen LogP contribution is 2.31. The third kappa shape index (κ3) is 9.79. The number of H-pyrrole nitrogens is 1. The summed E-state index contributed by atoms with van der Waals surface area (Å²) in [6, 6.07) is 6.40. The van der Waals surface area contributed by atoms with E-state index in [0.29, 0.717) is 55.1 Å². The lowest BCUT2D eigenvalue weighted by Crippen LogP contribution is -2.51. The molecule has 2 saturated heterocycles. The zero-order chi connectivity index (χ0) is 36.9. The molecule has 0 unspecified atom stereocenters. The molecule has 2 aliphatic heterocycles. The molecule has 1 aromatic heterocycles. The van der Waals surface area contributed by atoms with Gasteiger partial charge in [0.1, 0.15) is 35.1 Å². The summed E-state index contributed by atoms with van der Waals surface area (Å²) in [4.78, 5) is 66.6. The van der Waals surface area contributed by atoms with Gasteiger partial charge in [0.05, 0.1) is 32.5 Å². The monoisotopic (exact) mass is 696 g/mol. The summed E-state index contributed by atoms with van der Waals surface area (Å²) in [6.07, 6.45) is 6.10. The maximum absolute atomic E-state index is 13.7. The number of imidazole rings is 1. The van der Waals surface area contributed by atoms with Crippen LogP contribution in [0.3, 0.4) is 0 Å². The van der Waals surface area contributed by atoms with Crippen molar-refractivity contribution in [2.75, 3.05) is 27.3 Å². The minimum Gasteiger partial charge on any atom is -0.453 e. The summed E-state index contributed by atoms with van der Waals surface area (Å²) >= 11 is 0. The molecule has 2 fully saturated rings. The maximum atomic E-state index is 13.7. The molecule has 0 saturated carbocycles. The van der Waals surface area contributed by atoms with Crippen molar-refractivity contribution in [3.8, 4) is 23.7 Å². The number of carbonyl (C=O) groups excluding carboxylic acids is 4. The van der Waals surface area contributed by atoms with Gasteiger partial charge >= 0.3 is 12.2 Å². The first-order chi connectivity index (χ1) is 24.6. The summed E-state index contributed by atoms with van der Waals surface area (Å²) in [5.41, 5.74) is 7.88. The molecule has 0 bridgehead atoms. The van der Waals surface area contributed by atoms with E-state index in [1.807, 2.05) is 19.9 Å². The highest BCUT2D eigenvalue weighted by molar-refractivity contribution is 5.94. The van der Waals surface area contributed by atoms with E-state index in [0.717, 1.165) is 6.42 Å². The number of nitrogens with two attached hydrogens (primary N) is 1. The predicted molar refractivity (Wildman–Crippen MR) is 190 cm³/mol. The number of nitrogens with zero attached hydrogens (tertiary/aromatic N) is 4. The predicted octanol–water partition coefficient (Wildman–Crippen LogP) is 3.32. The maximum Gasteiger partial charge on any atom is 0.407 e. The zero-order valence-electron chi connectivity index (χ0n) is 29.3. The van der Waals surface area contributed by atoms with Crippen molar-refractivity contribution in [3.05, 3.63) is 78.0 Å². The van der Waals surface area contributed by atoms with Gasteiger partial charge in [0.15, 0.2) is 0 Å². The fourth-order valence-electron chi connectivity index (χ4n) is 6.00. The minimum atomic E-state index is -0.967. The topological polar surface area (TPSA) is 184 Å². The number of alkyl carbamates (subject to hydrolysis) is 2. The SMILES string of the molecule is C=C/C=C(C#CC#Cc1cnc([C@@H]2CCCN2C(=O)[C@@H](NC(=O)OC)C(C)C)[nH]1)\N=C(/N)[C@@H]1CCCN1C(=O)[C@H](NC(=O)OC)c1ccccc1. The fraction of sp³-hybridized carbons (Fsp3) is 0.405. The van der Waals surface area contributed by atoms with Crippen molar-refractivity contribution in [1.29, 1.82) is 0 Å². The molecule has 0 radical (unpaired) electrons. The Morgan fingerprint density at radius 2 is 1.71 bits per heavy atom. The minimum absolute atomic E-state index is 0.143. The van der Waals surface area contributed by atoms with Gasteiger partial charge in [-0.05, 0) is 66.9 Å². The van der Waals surface area contributed by atoms with Crippen LogP contribution in [0.1, 0.15) is 68.7 Å². The standard InChI is InChI=1S/C37H44N8O6/c1-6-14-26(40-32(38)28-19-12-21-44(28)35(47)31(43-37(49)51-5)25-15-8-7-9-16-25)17-10-11-18-27-23-39-33(41-27)29-20-13-22-45(29)34(46)30(24(2)3)42-36(48)50-4/h6-9,14-16,23-24,28-31H,1,12-13,19-22H2,2-5H3,(H2,38,40)(H,39,41)(H,42,48)(H,43,49)/b26-14-/t28-,29-,30-,31+/m0/s1. The first kappa shape index (κ1) is 37.8. The van der Waals surface area contributed by atoms with Gasteiger partial charge in [-0.15, -0.1) is 0 Å². The number of methoxy groups -OCH3 is 2. The van der Waals surface area contributed by atoms with Gasteiger partial charge in [0.25, 0.3) is 5.91 Å². The summed E-state index contributed by atoms with van der Waals surface area (Å²) in [5, 5.41) is 5.27. The number of amides is 4. The van der Waals surface area contributed by atoms with Crippen LogP contribution in [0, 0.1) is 29.6 Å². The highest BCUT2D eigenvalue weighted by atomic mass is 16.5. The van der Waals surface area contributed by atoms with E-state index in [1.54, 1.807) is 46.3 Å². The van der Waals surface area contributed by atoms with Crippen molar-refractivity contribution < 1.29 is 28.7 Å². The number of aromatic amines is 1. The molecule has 5 N–H and O–H groups in total. The third-order valence-electron chi connectivity index (χ3n) is 8.52. The quantitative estimate of drug-likeness (QED) is 0.126. The van der Waals surface area contributed by atoms with Crippen LogP contribution in [0.2, 0.25) is 0 Å². The second-order valence-corrected chi connectivity index (χ2v) is 12.2. The highest BCUT2D eigenvalue weighted by Gasteiger charge is 2.38. The lowest BCUT2D eigenvalue weighted by molar-refractivity contribution is -0.135. The van der Waals surface area contributed by atoms with E-state index in [1.165, 1.54) is 20.3 Å².